The van der Waals surface area contributed by atoms with Crippen LogP contribution in [0.1, 0.15) is 23.5 Å². The van der Waals surface area contributed by atoms with E-state index in [0.717, 1.165) is 30.9 Å². The zero-order valence-electron chi connectivity index (χ0n) is 15.7. The Morgan fingerprint density at radius 1 is 1.26 bits per heavy atom. The normalized spacial score (nSPS) is 20.6. The minimum atomic E-state index is -3.18. The van der Waals surface area contributed by atoms with E-state index in [0.29, 0.717) is 31.5 Å². The molecule has 1 aromatic carbocycles. The summed E-state index contributed by atoms with van der Waals surface area (Å²) in [5.74, 6) is 3.03. The summed E-state index contributed by atoms with van der Waals surface area (Å²) >= 11 is 1.81. The fourth-order valence-electron chi connectivity index (χ4n) is 3.55. The number of thioether (sulfide) groups is 1. The van der Waals surface area contributed by atoms with E-state index in [9.17, 15) is 8.42 Å². The Morgan fingerprint density at radius 2 is 2.00 bits per heavy atom. The maximum atomic E-state index is 12.4. The van der Waals surface area contributed by atoms with Crippen LogP contribution in [-0.4, -0.2) is 69.2 Å². The molecule has 2 N–H and O–H groups in total. The molecule has 3 rings (SSSR count). The Labute approximate surface area is 184 Å². The van der Waals surface area contributed by atoms with E-state index >= 15 is 0 Å². The number of aliphatic imine (C=N–C) groups is 1. The standard InChI is InChI=1S/C18H28N4O2S2.HI/c1-19-18(20-8-13-26(23,24)22-9-11-25-12-10-22)21-14-16-7-6-15-4-2-3-5-17(15)16;/h2-5,16H,6-14H2,1H3,(H2,19,20,21);1H. The van der Waals surface area contributed by atoms with Crippen LogP contribution in [0.25, 0.3) is 0 Å². The third-order valence-corrected chi connectivity index (χ3v) is 7.83. The number of halogens is 1. The van der Waals surface area contributed by atoms with E-state index in [1.807, 2.05) is 11.8 Å². The molecule has 1 fully saturated rings. The number of hydrogen-bond donors (Lipinski definition) is 2. The highest BCUT2D eigenvalue weighted by Gasteiger charge is 2.24. The van der Waals surface area contributed by atoms with Gasteiger partial charge in [0.25, 0.3) is 0 Å². The molecule has 27 heavy (non-hydrogen) atoms. The van der Waals surface area contributed by atoms with Crippen LogP contribution in [0.2, 0.25) is 0 Å². The van der Waals surface area contributed by atoms with Crippen molar-refractivity contribution < 1.29 is 8.42 Å². The lowest BCUT2D eigenvalue weighted by atomic mass is 10.0. The number of rotatable bonds is 6. The van der Waals surface area contributed by atoms with Crippen molar-refractivity contribution in [1.29, 1.82) is 0 Å². The SMILES string of the molecule is CN=C(NCCS(=O)(=O)N1CCSCC1)NCC1CCc2ccccc21.I. The number of hydrogen-bond acceptors (Lipinski definition) is 4. The third-order valence-electron chi connectivity index (χ3n) is 5.01. The third kappa shape index (κ3) is 6.23. The number of nitrogens with one attached hydrogen (secondary N) is 2. The molecule has 2 aliphatic rings. The molecule has 0 spiro atoms. The van der Waals surface area contributed by atoms with Crippen molar-refractivity contribution in [3.05, 3.63) is 35.4 Å². The second-order valence-corrected chi connectivity index (χ2v) is 9.95. The topological polar surface area (TPSA) is 73.8 Å². The first-order chi connectivity index (χ1) is 12.6. The number of sulfonamides is 1. The molecule has 0 radical (unpaired) electrons. The molecule has 1 aliphatic heterocycles. The molecule has 1 atom stereocenters. The van der Waals surface area contributed by atoms with Gasteiger partial charge < -0.3 is 10.6 Å². The number of aryl methyl sites for hydroxylation is 1. The average molecular weight is 524 g/mol. The molecule has 9 heteroatoms. The van der Waals surface area contributed by atoms with Crippen molar-refractivity contribution in [3.63, 3.8) is 0 Å². The largest absolute Gasteiger partial charge is 0.356 e. The molecule has 1 saturated heterocycles. The Hall–Kier alpha value is -0.520. The predicted molar refractivity (Wildman–Crippen MR) is 125 cm³/mol. The zero-order valence-corrected chi connectivity index (χ0v) is 19.6. The van der Waals surface area contributed by atoms with Gasteiger partial charge in [-0.1, -0.05) is 24.3 Å². The van der Waals surface area contributed by atoms with Crippen LogP contribution in [-0.2, 0) is 16.4 Å². The quantitative estimate of drug-likeness (QED) is 0.338. The second-order valence-electron chi connectivity index (χ2n) is 6.64. The van der Waals surface area contributed by atoms with Gasteiger partial charge in [0.05, 0.1) is 5.75 Å². The highest BCUT2D eigenvalue weighted by atomic mass is 127. The first-order valence-corrected chi connectivity index (χ1v) is 11.9. The van der Waals surface area contributed by atoms with Crippen LogP contribution < -0.4 is 10.6 Å². The van der Waals surface area contributed by atoms with Crippen LogP contribution in [0.5, 0.6) is 0 Å². The first-order valence-electron chi connectivity index (χ1n) is 9.18. The fraction of sp³-hybridized carbons (Fsp3) is 0.611. The van der Waals surface area contributed by atoms with E-state index in [4.69, 9.17) is 0 Å². The lowest BCUT2D eigenvalue weighted by Gasteiger charge is -2.25. The summed E-state index contributed by atoms with van der Waals surface area (Å²) in [6.07, 6.45) is 2.27. The summed E-state index contributed by atoms with van der Waals surface area (Å²) in [5.41, 5.74) is 2.86. The van der Waals surface area contributed by atoms with Crippen molar-refractivity contribution in [2.24, 2.45) is 4.99 Å². The molecule has 0 saturated carbocycles. The molecule has 0 amide bonds. The van der Waals surface area contributed by atoms with Crippen molar-refractivity contribution in [3.8, 4) is 0 Å². The van der Waals surface area contributed by atoms with Crippen LogP contribution in [0.3, 0.4) is 0 Å². The Balaban J connectivity index is 0.00000261. The minimum Gasteiger partial charge on any atom is -0.356 e. The van der Waals surface area contributed by atoms with Gasteiger partial charge in [-0.15, -0.1) is 24.0 Å². The van der Waals surface area contributed by atoms with Crippen LogP contribution in [0.4, 0.5) is 0 Å². The summed E-state index contributed by atoms with van der Waals surface area (Å²) in [6, 6.07) is 8.59. The average Bonchev–Trinajstić information content (AvgIpc) is 3.08. The van der Waals surface area contributed by atoms with Crippen molar-refractivity contribution >= 4 is 51.7 Å². The molecule has 0 aromatic heterocycles. The number of benzene rings is 1. The Morgan fingerprint density at radius 3 is 2.74 bits per heavy atom. The van der Waals surface area contributed by atoms with Crippen molar-refractivity contribution in [1.82, 2.24) is 14.9 Å². The maximum absolute atomic E-state index is 12.4. The van der Waals surface area contributed by atoms with Gasteiger partial charge in [-0.05, 0) is 24.0 Å². The number of fused-ring (bicyclic) bond motifs is 1. The molecule has 6 nitrogen and oxygen atoms in total. The summed E-state index contributed by atoms with van der Waals surface area (Å²) in [5, 5.41) is 6.49. The second kappa shape index (κ2) is 10.9. The summed E-state index contributed by atoms with van der Waals surface area (Å²) < 4.78 is 26.4. The van der Waals surface area contributed by atoms with E-state index in [2.05, 4.69) is 39.9 Å². The van der Waals surface area contributed by atoms with Gasteiger partial charge in [-0.25, -0.2) is 12.7 Å². The highest BCUT2D eigenvalue weighted by Crippen LogP contribution is 2.32. The summed E-state index contributed by atoms with van der Waals surface area (Å²) in [7, 11) is -1.47. The molecular weight excluding hydrogens is 495 g/mol. The van der Waals surface area contributed by atoms with E-state index in [-0.39, 0.29) is 29.7 Å². The van der Waals surface area contributed by atoms with Crippen LogP contribution >= 0.6 is 35.7 Å². The highest BCUT2D eigenvalue weighted by molar-refractivity contribution is 14.0. The van der Waals surface area contributed by atoms with Gasteiger partial charge in [0.1, 0.15) is 0 Å². The predicted octanol–water partition coefficient (Wildman–Crippen LogP) is 1.88. The molecule has 0 bridgehead atoms. The van der Waals surface area contributed by atoms with Crippen LogP contribution in [0.15, 0.2) is 29.3 Å². The first kappa shape index (κ1) is 22.8. The molecular formula is C18H29IN4O2S2. The monoisotopic (exact) mass is 524 g/mol. The van der Waals surface area contributed by atoms with Crippen molar-refractivity contribution in [2.45, 2.75) is 18.8 Å². The molecule has 1 unspecified atom stereocenters. The molecule has 152 valence electrons. The van der Waals surface area contributed by atoms with Crippen molar-refractivity contribution in [2.75, 3.05) is 50.5 Å². The van der Waals surface area contributed by atoms with Gasteiger partial charge in [0.2, 0.25) is 10.0 Å². The Kier molecular flexibility index (Phi) is 9.17. The molecule has 1 aromatic rings. The molecule has 1 heterocycles. The zero-order chi connectivity index (χ0) is 18.4. The maximum Gasteiger partial charge on any atom is 0.215 e. The molecule has 1 aliphatic carbocycles. The van der Waals surface area contributed by atoms with Crippen LogP contribution in [0, 0.1) is 0 Å². The lowest BCUT2D eigenvalue weighted by molar-refractivity contribution is 0.443. The Bertz CT molecular complexity index is 737. The lowest BCUT2D eigenvalue weighted by Crippen LogP contribution is -2.44. The van der Waals surface area contributed by atoms with E-state index in [1.165, 1.54) is 11.1 Å². The van der Waals surface area contributed by atoms with Gasteiger partial charge in [-0.3, -0.25) is 4.99 Å². The fourth-order valence-corrected chi connectivity index (χ4v) is 6.04. The number of guanidine groups is 1. The number of nitrogens with zero attached hydrogens (tertiary/aromatic N) is 2. The van der Waals surface area contributed by atoms with Gasteiger partial charge >= 0.3 is 0 Å². The van der Waals surface area contributed by atoms with E-state index in [1.54, 1.807) is 11.4 Å². The smallest absolute Gasteiger partial charge is 0.215 e. The van der Waals surface area contributed by atoms with Gasteiger partial charge in [0, 0.05) is 50.7 Å². The van der Waals surface area contributed by atoms with Gasteiger partial charge in [0.15, 0.2) is 5.96 Å². The minimum absolute atomic E-state index is 0. The van der Waals surface area contributed by atoms with E-state index < -0.39 is 10.0 Å². The summed E-state index contributed by atoms with van der Waals surface area (Å²) in [6.45, 7) is 2.43. The summed E-state index contributed by atoms with van der Waals surface area (Å²) in [4.78, 5) is 4.22. The van der Waals surface area contributed by atoms with Gasteiger partial charge in [-0.2, -0.15) is 11.8 Å².